The van der Waals surface area contributed by atoms with Crippen LogP contribution in [-0.2, 0) is 19.9 Å². The fourth-order valence-electron chi connectivity index (χ4n) is 5.92. The zero-order valence-corrected chi connectivity index (χ0v) is 20.9. The second kappa shape index (κ2) is 10.1. The van der Waals surface area contributed by atoms with E-state index in [9.17, 15) is 5.11 Å². The average molecular weight is 483 g/mol. The zero-order valence-electron chi connectivity index (χ0n) is 20.9. The number of nitrogens with zero attached hydrogens (tertiary/aromatic N) is 4. The summed E-state index contributed by atoms with van der Waals surface area (Å²) < 4.78 is 7.98. The first-order valence-electron chi connectivity index (χ1n) is 13.0. The number of aromatic nitrogens is 2. The van der Waals surface area contributed by atoms with Gasteiger partial charge in [0.1, 0.15) is 24.0 Å². The number of aliphatic hydroxyl groups is 1. The number of imidazole rings is 1. The minimum absolute atomic E-state index is 0.272. The molecule has 1 saturated heterocycles. The molecule has 1 aliphatic heterocycles. The van der Waals surface area contributed by atoms with E-state index in [2.05, 4.69) is 63.3 Å². The van der Waals surface area contributed by atoms with Gasteiger partial charge >= 0.3 is 0 Å². The van der Waals surface area contributed by atoms with E-state index in [1.54, 1.807) is 6.33 Å². The first-order valence-corrected chi connectivity index (χ1v) is 13.0. The molecule has 36 heavy (non-hydrogen) atoms. The van der Waals surface area contributed by atoms with Crippen molar-refractivity contribution in [2.75, 3.05) is 39.3 Å². The molecule has 2 aliphatic rings. The SMILES string of the molecule is Cn1cnc2cccc(OCC(O)CN3CCN(C4c5ccccc5CCc5ccccc54)CC3)c21. The van der Waals surface area contributed by atoms with Gasteiger partial charge in [0.2, 0.25) is 0 Å². The van der Waals surface area contributed by atoms with Crippen LogP contribution < -0.4 is 4.74 Å². The van der Waals surface area contributed by atoms with E-state index in [0.717, 1.165) is 55.8 Å². The summed E-state index contributed by atoms with van der Waals surface area (Å²) >= 11 is 0. The predicted octanol–water partition coefficient (Wildman–Crippen LogP) is 3.82. The number of benzene rings is 3. The fourth-order valence-corrected chi connectivity index (χ4v) is 5.92. The quantitative estimate of drug-likeness (QED) is 0.453. The van der Waals surface area contributed by atoms with E-state index >= 15 is 0 Å². The van der Waals surface area contributed by atoms with Crippen molar-refractivity contribution in [2.45, 2.75) is 25.0 Å². The standard InChI is InChI=1S/C30H34N4O2/c1-32-21-31-27-11-6-12-28(30(27)32)36-20-24(35)19-33-15-17-34(18-16-33)29-25-9-4-2-7-22(25)13-14-23-8-3-5-10-26(23)29/h2-12,21,24,29,35H,13-20H2,1H3. The monoisotopic (exact) mass is 482 g/mol. The number of β-amino-alcohol motifs (C(OH)–C–C–N with tert-alkyl or cyclic N) is 1. The summed E-state index contributed by atoms with van der Waals surface area (Å²) in [4.78, 5) is 9.38. The van der Waals surface area contributed by atoms with Crippen LogP contribution in [0.2, 0.25) is 0 Å². The Balaban J connectivity index is 1.10. The Labute approximate surface area is 212 Å². The molecule has 0 saturated carbocycles. The van der Waals surface area contributed by atoms with Crippen LogP contribution in [0.1, 0.15) is 28.3 Å². The Hall–Kier alpha value is -3.19. The molecule has 1 N–H and O–H groups in total. The highest BCUT2D eigenvalue weighted by Gasteiger charge is 2.31. The third-order valence-corrected chi connectivity index (χ3v) is 7.74. The molecule has 0 spiro atoms. The summed E-state index contributed by atoms with van der Waals surface area (Å²) in [7, 11) is 1.96. The maximum atomic E-state index is 10.8. The highest BCUT2D eigenvalue weighted by molar-refractivity contribution is 5.81. The second-order valence-electron chi connectivity index (χ2n) is 10.1. The van der Waals surface area contributed by atoms with E-state index in [-0.39, 0.29) is 6.61 Å². The largest absolute Gasteiger partial charge is 0.489 e. The summed E-state index contributed by atoms with van der Waals surface area (Å²) in [5, 5.41) is 10.8. The Morgan fingerprint density at radius 1 is 0.889 bits per heavy atom. The molecule has 4 aromatic rings. The number of rotatable bonds is 6. The summed E-state index contributed by atoms with van der Waals surface area (Å²) in [6, 6.07) is 24.1. The maximum absolute atomic E-state index is 10.8. The summed E-state index contributed by atoms with van der Waals surface area (Å²) in [5.74, 6) is 0.766. The van der Waals surface area contributed by atoms with E-state index in [1.807, 2.05) is 29.8 Å². The van der Waals surface area contributed by atoms with Crippen LogP contribution in [0, 0.1) is 0 Å². The number of hydrogen-bond acceptors (Lipinski definition) is 5. The van der Waals surface area contributed by atoms with Crippen molar-refractivity contribution in [1.82, 2.24) is 19.4 Å². The second-order valence-corrected chi connectivity index (χ2v) is 10.1. The summed E-state index contributed by atoms with van der Waals surface area (Å²) in [6.07, 6.45) is 3.45. The number of hydrogen-bond donors (Lipinski definition) is 1. The Morgan fingerprint density at radius 3 is 2.25 bits per heavy atom. The zero-order chi connectivity index (χ0) is 24.5. The molecule has 186 valence electrons. The van der Waals surface area contributed by atoms with E-state index in [0.29, 0.717) is 12.6 Å². The third-order valence-electron chi connectivity index (χ3n) is 7.74. The lowest BCUT2D eigenvalue weighted by molar-refractivity contribution is 0.0403. The molecule has 2 heterocycles. The molecule has 1 aliphatic carbocycles. The molecule has 1 unspecified atom stereocenters. The number of aryl methyl sites for hydroxylation is 3. The topological polar surface area (TPSA) is 53.8 Å². The highest BCUT2D eigenvalue weighted by atomic mass is 16.5. The lowest BCUT2D eigenvalue weighted by Crippen LogP contribution is -2.50. The van der Waals surface area contributed by atoms with Crippen LogP contribution in [0.25, 0.3) is 11.0 Å². The lowest BCUT2D eigenvalue weighted by atomic mass is 9.92. The molecule has 6 heteroatoms. The predicted molar refractivity (Wildman–Crippen MR) is 142 cm³/mol. The number of piperazine rings is 1. The number of aliphatic hydroxyl groups excluding tert-OH is 1. The molecule has 3 aromatic carbocycles. The average Bonchev–Trinajstić information content (AvgIpc) is 3.21. The van der Waals surface area contributed by atoms with Crippen molar-refractivity contribution < 1.29 is 9.84 Å². The van der Waals surface area contributed by atoms with Gasteiger partial charge in [-0.3, -0.25) is 9.80 Å². The lowest BCUT2D eigenvalue weighted by Gasteiger charge is -2.40. The minimum atomic E-state index is -0.542. The van der Waals surface area contributed by atoms with Gasteiger partial charge < -0.3 is 14.4 Å². The van der Waals surface area contributed by atoms with Gasteiger partial charge in [0.05, 0.1) is 17.9 Å². The van der Waals surface area contributed by atoms with Crippen molar-refractivity contribution in [1.29, 1.82) is 0 Å². The number of para-hydroxylation sites is 1. The van der Waals surface area contributed by atoms with Crippen LogP contribution in [0.5, 0.6) is 5.75 Å². The van der Waals surface area contributed by atoms with Gasteiger partial charge in [-0.1, -0.05) is 54.6 Å². The normalized spacial score (nSPS) is 17.9. The Morgan fingerprint density at radius 2 is 1.56 bits per heavy atom. The maximum Gasteiger partial charge on any atom is 0.145 e. The van der Waals surface area contributed by atoms with E-state index < -0.39 is 6.10 Å². The van der Waals surface area contributed by atoms with Crippen molar-refractivity contribution in [3.8, 4) is 5.75 Å². The number of fused-ring (bicyclic) bond motifs is 3. The van der Waals surface area contributed by atoms with Crippen molar-refractivity contribution in [3.63, 3.8) is 0 Å². The summed E-state index contributed by atoms with van der Waals surface area (Å²) in [6.45, 7) is 4.73. The van der Waals surface area contributed by atoms with E-state index in [4.69, 9.17) is 4.74 Å². The molecular formula is C30H34N4O2. The Bertz CT molecular complexity index is 1290. The molecule has 1 fully saturated rings. The van der Waals surface area contributed by atoms with Gasteiger partial charge in [0, 0.05) is 39.8 Å². The molecule has 0 bridgehead atoms. The highest BCUT2D eigenvalue weighted by Crippen LogP contribution is 2.37. The smallest absolute Gasteiger partial charge is 0.145 e. The van der Waals surface area contributed by atoms with Crippen LogP contribution in [0.4, 0.5) is 0 Å². The van der Waals surface area contributed by atoms with Gasteiger partial charge in [0.15, 0.2) is 0 Å². The third kappa shape index (κ3) is 4.52. The first-order chi connectivity index (χ1) is 17.7. The van der Waals surface area contributed by atoms with Gasteiger partial charge in [0.25, 0.3) is 0 Å². The van der Waals surface area contributed by atoms with Crippen LogP contribution in [-0.4, -0.2) is 69.9 Å². The molecule has 6 rings (SSSR count). The van der Waals surface area contributed by atoms with Crippen molar-refractivity contribution in [2.24, 2.45) is 7.05 Å². The van der Waals surface area contributed by atoms with Crippen LogP contribution in [0.3, 0.4) is 0 Å². The van der Waals surface area contributed by atoms with Crippen LogP contribution >= 0.6 is 0 Å². The van der Waals surface area contributed by atoms with Crippen molar-refractivity contribution >= 4 is 11.0 Å². The molecular weight excluding hydrogens is 448 g/mol. The number of ether oxygens (including phenoxy) is 1. The molecule has 1 aromatic heterocycles. The molecule has 1 atom stereocenters. The molecule has 6 nitrogen and oxygen atoms in total. The van der Waals surface area contributed by atoms with E-state index in [1.165, 1.54) is 22.3 Å². The van der Waals surface area contributed by atoms with Gasteiger partial charge in [-0.2, -0.15) is 0 Å². The molecule has 0 radical (unpaired) electrons. The Kier molecular flexibility index (Phi) is 6.48. The molecule has 0 amide bonds. The van der Waals surface area contributed by atoms with Gasteiger partial charge in [-0.05, 0) is 47.2 Å². The van der Waals surface area contributed by atoms with Gasteiger partial charge in [-0.25, -0.2) is 4.98 Å². The van der Waals surface area contributed by atoms with Crippen LogP contribution in [0.15, 0.2) is 73.1 Å². The van der Waals surface area contributed by atoms with Crippen molar-refractivity contribution in [3.05, 3.63) is 95.3 Å². The minimum Gasteiger partial charge on any atom is -0.489 e. The fraction of sp³-hybridized carbons (Fsp3) is 0.367. The van der Waals surface area contributed by atoms with Gasteiger partial charge in [-0.15, -0.1) is 0 Å². The first kappa shape index (κ1) is 23.2. The summed E-state index contributed by atoms with van der Waals surface area (Å²) in [5.41, 5.74) is 7.71.